The van der Waals surface area contributed by atoms with Crippen molar-refractivity contribution >= 4 is 5.96 Å². The molecule has 0 aromatic heterocycles. The summed E-state index contributed by atoms with van der Waals surface area (Å²) in [5, 5.41) is 6.65. The SMILES string of the molecule is CN=C(NCCc1ccc(C)c(OC)c1)NCc1ccccc1OC. The third-order valence-electron chi connectivity index (χ3n) is 4.04. The van der Waals surface area contributed by atoms with Gasteiger partial charge in [-0.2, -0.15) is 0 Å². The van der Waals surface area contributed by atoms with Gasteiger partial charge in [0.15, 0.2) is 5.96 Å². The Labute approximate surface area is 150 Å². The van der Waals surface area contributed by atoms with Gasteiger partial charge in [0.2, 0.25) is 0 Å². The van der Waals surface area contributed by atoms with Crippen molar-refractivity contribution in [3.63, 3.8) is 0 Å². The molecule has 0 fully saturated rings. The Morgan fingerprint density at radius 2 is 1.76 bits per heavy atom. The van der Waals surface area contributed by atoms with Gasteiger partial charge in [0.05, 0.1) is 14.2 Å². The second-order valence-electron chi connectivity index (χ2n) is 5.72. The lowest BCUT2D eigenvalue weighted by Gasteiger charge is -2.14. The Hall–Kier alpha value is -2.69. The number of rotatable bonds is 7. The van der Waals surface area contributed by atoms with Crippen LogP contribution in [-0.2, 0) is 13.0 Å². The lowest BCUT2D eigenvalue weighted by molar-refractivity contribution is 0.409. The maximum Gasteiger partial charge on any atom is 0.191 e. The van der Waals surface area contributed by atoms with Crippen LogP contribution >= 0.6 is 0 Å². The second kappa shape index (κ2) is 9.57. The maximum atomic E-state index is 5.38. The van der Waals surface area contributed by atoms with Crippen LogP contribution in [0.1, 0.15) is 16.7 Å². The zero-order chi connectivity index (χ0) is 18.1. The van der Waals surface area contributed by atoms with Crippen LogP contribution in [0, 0.1) is 6.92 Å². The van der Waals surface area contributed by atoms with E-state index in [0.717, 1.165) is 41.6 Å². The van der Waals surface area contributed by atoms with E-state index in [0.29, 0.717) is 6.54 Å². The van der Waals surface area contributed by atoms with Crippen LogP contribution in [0.5, 0.6) is 11.5 Å². The van der Waals surface area contributed by atoms with Crippen molar-refractivity contribution in [3.05, 3.63) is 59.2 Å². The first-order valence-corrected chi connectivity index (χ1v) is 8.38. The molecule has 2 aromatic rings. The molecule has 0 amide bonds. The molecule has 0 atom stereocenters. The molecule has 2 rings (SSSR count). The monoisotopic (exact) mass is 341 g/mol. The van der Waals surface area contributed by atoms with Crippen LogP contribution in [0.25, 0.3) is 0 Å². The number of nitrogens with one attached hydrogen (secondary N) is 2. The molecule has 0 aliphatic heterocycles. The number of nitrogens with zero attached hydrogens (tertiary/aromatic N) is 1. The first kappa shape index (κ1) is 18.6. The predicted octanol–water partition coefficient (Wildman–Crippen LogP) is 2.92. The highest BCUT2D eigenvalue weighted by molar-refractivity contribution is 5.79. The fourth-order valence-corrected chi connectivity index (χ4v) is 2.59. The molecule has 2 aromatic carbocycles. The smallest absolute Gasteiger partial charge is 0.191 e. The summed E-state index contributed by atoms with van der Waals surface area (Å²) < 4.78 is 10.7. The van der Waals surface area contributed by atoms with E-state index in [1.165, 1.54) is 5.56 Å². The van der Waals surface area contributed by atoms with E-state index >= 15 is 0 Å². The summed E-state index contributed by atoms with van der Waals surface area (Å²) >= 11 is 0. The van der Waals surface area contributed by atoms with Crippen LogP contribution < -0.4 is 20.1 Å². The highest BCUT2D eigenvalue weighted by atomic mass is 16.5. The van der Waals surface area contributed by atoms with Crippen molar-refractivity contribution < 1.29 is 9.47 Å². The largest absolute Gasteiger partial charge is 0.496 e. The summed E-state index contributed by atoms with van der Waals surface area (Å²) in [5.41, 5.74) is 3.47. The van der Waals surface area contributed by atoms with Gasteiger partial charge in [-0.3, -0.25) is 4.99 Å². The molecule has 0 spiro atoms. The number of hydrogen-bond acceptors (Lipinski definition) is 3. The molecule has 5 nitrogen and oxygen atoms in total. The second-order valence-corrected chi connectivity index (χ2v) is 5.72. The third-order valence-corrected chi connectivity index (χ3v) is 4.04. The van der Waals surface area contributed by atoms with Crippen LogP contribution in [0.4, 0.5) is 0 Å². The molecule has 2 N–H and O–H groups in total. The Balaban J connectivity index is 1.84. The van der Waals surface area contributed by atoms with Crippen molar-refractivity contribution in [2.45, 2.75) is 19.9 Å². The first-order valence-electron chi connectivity index (χ1n) is 8.38. The van der Waals surface area contributed by atoms with Crippen LogP contribution in [0.15, 0.2) is 47.5 Å². The van der Waals surface area contributed by atoms with Gasteiger partial charge in [0.1, 0.15) is 11.5 Å². The molecule has 5 heteroatoms. The summed E-state index contributed by atoms with van der Waals surface area (Å²) in [5.74, 6) is 2.57. The Bertz CT molecular complexity index is 714. The van der Waals surface area contributed by atoms with Gasteiger partial charge >= 0.3 is 0 Å². The molecule has 0 saturated heterocycles. The summed E-state index contributed by atoms with van der Waals surface area (Å²) in [4.78, 5) is 4.27. The quantitative estimate of drug-likeness (QED) is 0.601. The van der Waals surface area contributed by atoms with Gasteiger partial charge in [-0.1, -0.05) is 30.3 Å². The average molecular weight is 341 g/mol. The van der Waals surface area contributed by atoms with E-state index < -0.39 is 0 Å². The van der Waals surface area contributed by atoms with E-state index in [4.69, 9.17) is 9.47 Å². The number of aryl methyl sites for hydroxylation is 1. The number of aliphatic imine (C=N–C) groups is 1. The highest BCUT2D eigenvalue weighted by Gasteiger charge is 2.04. The molecule has 0 heterocycles. The van der Waals surface area contributed by atoms with Gasteiger partial charge < -0.3 is 20.1 Å². The molecule has 0 aliphatic rings. The fourth-order valence-electron chi connectivity index (χ4n) is 2.59. The zero-order valence-corrected chi connectivity index (χ0v) is 15.4. The van der Waals surface area contributed by atoms with Crippen LogP contribution in [0.2, 0.25) is 0 Å². The highest BCUT2D eigenvalue weighted by Crippen LogP contribution is 2.19. The minimum atomic E-state index is 0.655. The van der Waals surface area contributed by atoms with Crippen molar-refractivity contribution in [3.8, 4) is 11.5 Å². The minimum Gasteiger partial charge on any atom is -0.496 e. The van der Waals surface area contributed by atoms with E-state index in [9.17, 15) is 0 Å². The van der Waals surface area contributed by atoms with Gasteiger partial charge in [-0.15, -0.1) is 0 Å². The Kier molecular flexibility index (Phi) is 7.14. The molecule has 0 unspecified atom stereocenters. The topological polar surface area (TPSA) is 54.9 Å². The number of methoxy groups -OCH3 is 2. The lowest BCUT2D eigenvalue weighted by atomic mass is 10.1. The predicted molar refractivity (Wildman–Crippen MR) is 103 cm³/mol. The van der Waals surface area contributed by atoms with E-state index in [1.807, 2.05) is 31.2 Å². The molecular formula is C20H27N3O2. The minimum absolute atomic E-state index is 0.655. The van der Waals surface area contributed by atoms with E-state index in [2.05, 4.69) is 33.8 Å². The maximum absolute atomic E-state index is 5.38. The standard InChI is InChI=1S/C20H27N3O2/c1-15-9-10-16(13-19(15)25-4)11-12-22-20(21-2)23-14-17-7-5-6-8-18(17)24-3/h5-10,13H,11-12,14H2,1-4H3,(H2,21,22,23). The van der Waals surface area contributed by atoms with E-state index in [1.54, 1.807) is 21.3 Å². The Morgan fingerprint density at radius 1 is 1.00 bits per heavy atom. The van der Waals surface area contributed by atoms with Crippen LogP contribution in [-0.4, -0.2) is 33.8 Å². The van der Waals surface area contributed by atoms with Crippen molar-refractivity contribution in [1.29, 1.82) is 0 Å². The number of hydrogen-bond donors (Lipinski definition) is 2. The van der Waals surface area contributed by atoms with E-state index in [-0.39, 0.29) is 0 Å². The van der Waals surface area contributed by atoms with Crippen LogP contribution in [0.3, 0.4) is 0 Å². The number of ether oxygens (including phenoxy) is 2. The van der Waals surface area contributed by atoms with Gasteiger partial charge in [-0.25, -0.2) is 0 Å². The summed E-state index contributed by atoms with van der Waals surface area (Å²) in [6, 6.07) is 14.3. The average Bonchev–Trinajstić information content (AvgIpc) is 2.65. The molecular weight excluding hydrogens is 314 g/mol. The molecule has 0 saturated carbocycles. The van der Waals surface area contributed by atoms with Gasteiger partial charge in [0.25, 0.3) is 0 Å². The molecule has 134 valence electrons. The fraction of sp³-hybridized carbons (Fsp3) is 0.350. The van der Waals surface area contributed by atoms with Gasteiger partial charge in [0, 0.05) is 25.7 Å². The Morgan fingerprint density at radius 3 is 2.48 bits per heavy atom. The summed E-state index contributed by atoms with van der Waals surface area (Å²) in [7, 11) is 5.15. The normalized spacial score (nSPS) is 11.1. The van der Waals surface area contributed by atoms with Crippen molar-refractivity contribution in [2.75, 3.05) is 27.8 Å². The number of guanidine groups is 1. The van der Waals surface area contributed by atoms with Gasteiger partial charge in [-0.05, 0) is 36.6 Å². The first-order chi connectivity index (χ1) is 12.2. The van der Waals surface area contributed by atoms with Crippen molar-refractivity contribution in [2.24, 2.45) is 4.99 Å². The molecule has 0 bridgehead atoms. The molecule has 0 radical (unpaired) electrons. The lowest BCUT2D eigenvalue weighted by Crippen LogP contribution is -2.37. The number of para-hydroxylation sites is 1. The zero-order valence-electron chi connectivity index (χ0n) is 15.4. The molecule has 25 heavy (non-hydrogen) atoms. The summed E-state index contributed by atoms with van der Waals surface area (Å²) in [6.45, 7) is 3.49. The molecule has 0 aliphatic carbocycles. The summed E-state index contributed by atoms with van der Waals surface area (Å²) in [6.07, 6.45) is 0.895. The number of benzene rings is 2. The van der Waals surface area contributed by atoms with Crippen molar-refractivity contribution in [1.82, 2.24) is 10.6 Å². The third kappa shape index (κ3) is 5.41.